The number of hydrogen-bond acceptors (Lipinski definition) is 5. The van der Waals surface area contributed by atoms with Gasteiger partial charge in [-0.05, 0) is 31.5 Å². The molecule has 1 aromatic heterocycles. The van der Waals surface area contributed by atoms with Crippen LogP contribution in [0.25, 0.3) is 0 Å². The Bertz CT molecular complexity index is 564. The van der Waals surface area contributed by atoms with Crippen LogP contribution in [-0.4, -0.2) is 32.5 Å². The minimum atomic E-state index is -3.73. The predicted molar refractivity (Wildman–Crippen MR) is 72.4 cm³/mol. The van der Waals surface area contributed by atoms with E-state index in [1.807, 2.05) is 6.07 Å². The fourth-order valence-electron chi connectivity index (χ4n) is 1.92. The van der Waals surface area contributed by atoms with Gasteiger partial charge >= 0.3 is 0 Å². The molecule has 2 rings (SSSR count). The van der Waals surface area contributed by atoms with E-state index in [9.17, 15) is 8.42 Å². The number of pyridine rings is 1. The van der Waals surface area contributed by atoms with Gasteiger partial charge in [-0.1, -0.05) is 0 Å². The number of nitrogens with zero attached hydrogens (tertiary/aromatic N) is 2. The topological polar surface area (TPSA) is 94.9 Å². The number of nitrogens with one attached hydrogen (secondary N) is 2. The van der Waals surface area contributed by atoms with Crippen LogP contribution in [0.4, 0.5) is 0 Å². The van der Waals surface area contributed by atoms with E-state index in [1.54, 1.807) is 6.07 Å². The summed E-state index contributed by atoms with van der Waals surface area (Å²) < 4.78 is 26.8. The minimum absolute atomic E-state index is 0. The van der Waals surface area contributed by atoms with E-state index in [2.05, 4.69) is 15.0 Å². The maximum Gasteiger partial charge on any atom is 0.259 e. The molecule has 104 valence electrons. The van der Waals surface area contributed by atoms with Crippen molar-refractivity contribution in [3.8, 4) is 6.07 Å². The third kappa shape index (κ3) is 3.88. The monoisotopic (exact) mass is 302 g/mol. The Balaban J connectivity index is 0.00000180. The Morgan fingerprint density at radius 1 is 1.53 bits per heavy atom. The van der Waals surface area contributed by atoms with Crippen LogP contribution in [0.2, 0.25) is 0 Å². The van der Waals surface area contributed by atoms with Crippen molar-refractivity contribution < 1.29 is 8.42 Å². The van der Waals surface area contributed by atoms with Crippen molar-refractivity contribution >= 4 is 22.4 Å². The molecule has 1 aliphatic rings. The van der Waals surface area contributed by atoms with Crippen LogP contribution in [-0.2, 0) is 10.0 Å². The lowest BCUT2D eigenvalue weighted by molar-refractivity contribution is 0.428. The zero-order valence-corrected chi connectivity index (χ0v) is 11.8. The standard InChI is InChI=1S/C11H14N4O2S.ClH/c12-7-9-3-1-6-14-11(9)18(16,17)15-10-4-2-5-13-8-10;/h1,3,6,10,13,15H,2,4-5,8H2;1H. The molecule has 1 unspecified atom stereocenters. The summed E-state index contributed by atoms with van der Waals surface area (Å²) in [5.74, 6) is 0. The smallest absolute Gasteiger partial charge is 0.259 e. The maximum atomic E-state index is 12.1. The van der Waals surface area contributed by atoms with Crippen LogP contribution >= 0.6 is 12.4 Å². The van der Waals surface area contributed by atoms with Crippen molar-refractivity contribution in [2.75, 3.05) is 13.1 Å². The predicted octanol–water partition coefficient (Wildman–Crippen LogP) is 0.405. The molecule has 0 spiro atoms. The van der Waals surface area contributed by atoms with Crippen LogP contribution in [0.1, 0.15) is 18.4 Å². The summed E-state index contributed by atoms with van der Waals surface area (Å²) in [6.07, 6.45) is 3.09. The van der Waals surface area contributed by atoms with Gasteiger partial charge in [0.05, 0.1) is 5.56 Å². The number of aromatic nitrogens is 1. The van der Waals surface area contributed by atoms with Crippen molar-refractivity contribution in [1.29, 1.82) is 5.26 Å². The highest BCUT2D eigenvalue weighted by Crippen LogP contribution is 2.13. The Labute approximate surface area is 118 Å². The van der Waals surface area contributed by atoms with Gasteiger partial charge in [-0.3, -0.25) is 0 Å². The average Bonchev–Trinajstić information content (AvgIpc) is 2.39. The summed E-state index contributed by atoms with van der Waals surface area (Å²) in [7, 11) is -3.73. The number of rotatable bonds is 3. The SMILES string of the molecule is Cl.N#Cc1cccnc1S(=O)(=O)NC1CCCNC1. The van der Waals surface area contributed by atoms with Gasteiger partial charge in [-0.15, -0.1) is 12.4 Å². The molecule has 1 aliphatic heterocycles. The molecule has 0 aliphatic carbocycles. The normalized spacial score (nSPS) is 19.2. The highest BCUT2D eigenvalue weighted by molar-refractivity contribution is 7.89. The fraction of sp³-hybridized carbons (Fsp3) is 0.455. The van der Waals surface area contributed by atoms with Crippen molar-refractivity contribution in [3.05, 3.63) is 23.9 Å². The van der Waals surface area contributed by atoms with Gasteiger partial charge in [0.25, 0.3) is 10.0 Å². The van der Waals surface area contributed by atoms with Crippen LogP contribution in [0.15, 0.2) is 23.4 Å². The van der Waals surface area contributed by atoms with Crippen molar-refractivity contribution in [1.82, 2.24) is 15.0 Å². The lowest BCUT2D eigenvalue weighted by Gasteiger charge is -2.23. The second-order valence-corrected chi connectivity index (χ2v) is 5.76. The Morgan fingerprint density at radius 2 is 2.32 bits per heavy atom. The van der Waals surface area contributed by atoms with E-state index in [4.69, 9.17) is 5.26 Å². The summed E-state index contributed by atoms with van der Waals surface area (Å²) >= 11 is 0. The van der Waals surface area contributed by atoms with Crippen molar-refractivity contribution in [2.45, 2.75) is 23.9 Å². The van der Waals surface area contributed by atoms with Gasteiger partial charge in [0.15, 0.2) is 5.03 Å². The van der Waals surface area contributed by atoms with E-state index in [1.165, 1.54) is 12.3 Å². The van der Waals surface area contributed by atoms with E-state index in [0.29, 0.717) is 6.54 Å². The number of sulfonamides is 1. The van der Waals surface area contributed by atoms with Gasteiger partial charge in [-0.25, -0.2) is 18.1 Å². The average molecular weight is 303 g/mol. The minimum Gasteiger partial charge on any atom is -0.315 e. The molecule has 0 amide bonds. The van der Waals surface area contributed by atoms with Gasteiger partial charge < -0.3 is 5.32 Å². The molecule has 1 aromatic rings. The summed E-state index contributed by atoms with van der Waals surface area (Å²) in [5, 5.41) is 11.8. The van der Waals surface area contributed by atoms with Gasteiger partial charge in [0, 0.05) is 18.8 Å². The lowest BCUT2D eigenvalue weighted by Crippen LogP contribution is -2.45. The molecular weight excluding hydrogens is 288 g/mol. The van der Waals surface area contributed by atoms with Crippen LogP contribution in [0, 0.1) is 11.3 Å². The van der Waals surface area contributed by atoms with E-state index < -0.39 is 10.0 Å². The third-order valence-corrected chi connectivity index (χ3v) is 4.24. The number of hydrogen-bond donors (Lipinski definition) is 2. The maximum absolute atomic E-state index is 12.1. The first kappa shape index (κ1) is 15.9. The van der Waals surface area contributed by atoms with Crippen molar-refractivity contribution in [3.63, 3.8) is 0 Å². The molecule has 19 heavy (non-hydrogen) atoms. The number of nitriles is 1. The zero-order valence-electron chi connectivity index (χ0n) is 10.2. The molecule has 8 heteroatoms. The van der Waals surface area contributed by atoms with Gasteiger partial charge in [0.2, 0.25) is 0 Å². The van der Waals surface area contributed by atoms with Crippen LogP contribution in [0.5, 0.6) is 0 Å². The molecule has 2 N–H and O–H groups in total. The highest BCUT2D eigenvalue weighted by atomic mass is 35.5. The molecule has 2 heterocycles. The molecule has 0 radical (unpaired) electrons. The Kier molecular flexibility index (Phi) is 5.69. The van der Waals surface area contributed by atoms with Gasteiger partial charge in [0.1, 0.15) is 6.07 Å². The Hall–Kier alpha value is -1.20. The van der Waals surface area contributed by atoms with Crippen LogP contribution in [0.3, 0.4) is 0 Å². The molecule has 1 fully saturated rings. The Morgan fingerprint density at radius 3 is 2.95 bits per heavy atom. The largest absolute Gasteiger partial charge is 0.315 e. The molecule has 1 saturated heterocycles. The molecule has 6 nitrogen and oxygen atoms in total. The van der Waals surface area contributed by atoms with Crippen LogP contribution < -0.4 is 10.0 Å². The summed E-state index contributed by atoms with van der Waals surface area (Å²) in [6.45, 7) is 1.51. The summed E-state index contributed by atoms with van der Waals surface area (Å²) in [4.78, 5) is 3.79. The zero-order chi connectivity index (χ0) is 13.0. The second-order valence-electron chi connectivity index (χ2n) is 4.13. The van der Waals surface area contributed by atoms with E-state index in [0.717, 1.165) is 19.4 Å². The van der Waals surface area contributed by atoms with Crippen molar-refractivity contribution in [2.24, 2.45) is 0 Å². The second kappa shape index (κ2) is 6.82. The molecule has 0 bridgehead atoms. The van der Waals surface area contributed by atoms with E-state index >= 15 is 0 Å². The summed E-state index contributed by atoms with van der Waals surface area (Å²) in [5.41, 5.74) is 0.0637. The first-order valence-corrected chi connectivity index (χ1v) is 7.20. The quantitative estimate of drug-likeness (QED) is 0.843. The highest BCUT2D eigenvalue weighted by Gasteiger charge is 2.24. The molecule has 0 saturated carbocycles. The lowest BCUT2D eigenvalue weighted by atomic mass is 10.1. The fourth-order valence-corrected chi connectivity index (χ4v) is 3.27. The first-order valence-electron chi connectivity index (χ1n) is 5.71. The number of piperidine rings is 1. The number of halogens is 1. The molecule has 0 aromatic carbocycles. The molecular formula is C11H15ClN4O2S. The first-order chi connectivity index (χ1) is 8.63. The van der Waals surface area contributed by atoms with E-state index in [-0.39, 0.29) is 29.0 Å². The summed E-state index contributed by atoms with van der Waals surface area (Å²) in [6, 6.07) is 4.69. The third-order valence-electron chi connectivity index (χ3n) is 2.76. The van der Waals surface area contributed by atoms with Gasteiger partial charge in [-0.2, -0.15) is 5.26 Å². The molecule has 1 atom stereocenters.